The van der Waals surface area contributed by atoms with Gasteiger partial charge in [-0.05, 0) is 24.6 Å². The lowest BCUT2D eigenvalue weighted by Gasteiger charge is -2.37. The maximum atomic E-state index is 4.40. The Bertz CT molecular complexity index is 412. The number of rotatable bonds is 0. The SMILES string of the molecule is C1=CN2C3CC=NC=C3C3CCCC(SC1)C32. The molecule has 4 atom stereocenters. The number of hydrogen-bond acceptors (Lipinski definition) is 3. The molecule has 1 saturated carbocycles. The van der Waals surface area contributed by atoms with Gasteiger partial charge in [0, 0.05) is 41.8 Å². The number of fused-ring (bicyclic) bond motifs is 3. The summed E-state index contributed by atoms with van der Waals surface area (Å²) < 4.78 is 0. The van der Waals surface area contributed by atoms with Gasteiger partial charge in [0.2, 0.25) is 0 Å². The van der Waals surface area contributed by atoms with Crippen LogP contribution in [0.25, 0.3) is 0 Å². The highest BCUT2D eigenvalue weighted by atomic mass is 32.2. The Labute approximate surface area is 107 Å². The van der Waals surface area contributed by atoms with Crippen LogP contribution >= 0.6 is 11.8 Å². The zero-order valence-corrected chi connectivity index (χ0v) is 10.8. The molecule has 3 aliphatic heterocycles. The summed E-state index contributed by atoms with van der Waals surface area (Å²) in [4.78, 5) is 7.06. The second-order valence-corrected chi connectivity index (χ2v) is 6.72. The smallest absolute Gasteiger partial charge is 0.0571 e. The molecule has 3 heterocycles. The summed E-state index contributed by atoms with van der Waals surface area (Å²) in [5.41, 5.74) is 1.62. The monoisotopic (exact) mass is 246 g/mol. The summed E-state index contributed by atoms with van der Waals surface area (Å²) in [6, 6.07) is 1.38. The lowest BCUT2D eigenvalue weighted by molar-refractivity contribution is 0.222. The van der Waals surface area contributed by atoms with Gasteiger partial charge in [-0.3, -0.25) is 4.99 Å². The van der Waals surface area contributed by atoms with Crippen LogP contribution in [0.1, 0.15) is 25.7 Å². The van der Waals surface area contributed by atoms with E-state index >= 15 is 0 Å². The fourth-order valence-electron chi connectivity index (χ4n) is 4.00. The normalized spacial score (nSPS) is 42.8. The number of thioether (sulfide) groups is 1. The third-order valence-electron chi connectivity index (χ3n) is 4.66. The Balaban J connectivity index is 1.78. The lowest BCUT2D eigenvalue weighted by Crippen LogP contribution is -2.42. The van der Waals surface area contributed by atoms with E-state index in [-0.39, 0.29) is 0 Å². The molecule has 0 amide bonds. The molecule has 2 fully saturated rings. The first kappa shape index (κ1) is 10.2. The standard InChI is InChI=1S/C14H18N2S/c1-3-10-11-9-15-6-5-12(11)16-7-2-8-17-13(4-1)14(10)16/h2,6-7,9-10,12-14H,1,3-5,8H2. The van der Waals surface area contributed by atoms with Crippen molar-refractivity contribution in [3.05, 3.63) is 24.0 Å². The largest absolute Gasteiger partial charge is 0.366 e. The Kier molecular flexibility index (Phi) is 2.35. The van der Waals surface area contributed by atoms with Crippen LogP contribution in [0.5, 0.6) is 0 Å². The van der Waals surface area contributed by atoms with Gasteiger partial charge < -0.3 is 4.90 Å². The van der Waals surface area contributed by atoms with Crippen molar-refractivity contribution < 1.29 is 0 Å². The van der Waals surface area contributed by atoms with Crippen LogP contribution in [0.15, 0.2) is 29.0 Å². The highest BCUT2D eigenvalue weighted by molar-refractivity contribution is 8.00. The third-order valence-corrected chi connectivity index (χ3v) is 5.98. The van der Waals surface area contributed by atoms with Gasteiger partial charge in [-0.2, -0.15) is 11.8 Å². The van der Waals surface area contributed by atoms with E-state index < -0.39 is 0 Å². The maximum Gasteiger partial charge on any atom is 0.0571 e. The van der Waals surface area contributed by atoms with Crippen LogP contribution < -0.4 is 0 Å². The first-order valence-electron chi connectivity index (χ1n) is 6.72. The minimum atomic E-state index is 0.623. The molecule has 0 aromatic rings. The quantitative estimate of drug-likeness (QED) is 0.653. The molecule has 4 rings (SSSR count). The molecule has 0 spiro atoms. The van der Waals surface area contributed by atoms with Gasteiger partial charge in [0.1, 0.15) is 0 Å². The van der Waals surface area contributed by atoms with E-state index in [1.54, 1.807) is 5.57 Å². The van der Waals surface area contributed by atoms with Crippen LogP contribution in [-0.4, -0.2) is 34.2 Å². The lowest BCUT2D eigenvalue weighted by atomic mass is 9.81. The molecule has 0 radical (unpaired) electrons. The summed E-state index contributed by atoms with van der Waals surface area (Å²) in [7, 11) is 0. The van der Waals surface area contributed by atoms with Gasteiger partial charge >= 0.3 is 0 Å². The number of nitrogens with zero attached hydrogens (tertiary/aromatic N) is 2. The van der Waals surface area contributed by atoms with Gasteiger partial charge in [0.15, 0.2) is 0 Å². The van der Waals surface area contributed by atoms with Crippen molar-refractivity contribution in [3.63, 3.8) is 0 Å². The van der Waals surface area contributed by atoms with Gasteiger partial charge in [-0.15, -0.1) is 0 Å². The summed E-state index contributed by atoms with van der Waals surface area (Å²) in [6.07, 6.45) is 14.3. The molecule has 17 heavy (non-hydrogen) atoms. The maximum absolute atomic E-state index is 4.40. The van der Waals surface area contributed by atoms with Gasteiger partial charge in [0.05, 0.1) is 6.04 Å². The summed E-state index contributed by atoms with van der Waals surface area (Å²) in [5.74, 6) is 1.98. The molecular formula is C14H18N2S. The molecule has 4 unspecified atom stereocenters. The first-order valence-corrected chi connectivity index (χ1v) is 7.77. The number of hydrogen-bond donors (Lipinski definition) is 0. The molecule has 0 aromatic carbocycles. The van der Waals surface area contributed by atoms with Gasteiger partial charge in [-0.25, -0.2) is 0 Å². The number of aliphatic imine (C=N–C) groups is 1. The third kappa shape index (κ3) is 1.44. The molecule has 0 aromatic heterocycles. The predicted molar refractivity (Wildman–Crippen MR) is 73.3 cm³/mol. The zero-order valence-electron chi connectivity index (χ0n) is 9.96. The van der Waals surface area contributed by atoms with Crippen molar-refractivity contribution >= 4 is 18.0 Å². The van der Waals surface area contributed by atoms with E-state index in [1.165, 1.54) is 25.0 Å². The van der Waals surface area contributed by atoms with E-state index in [0.717, 1.165) is 23.6 Å². The molecule has 0 N–H and O–H groups in total. The topological polar surface area (TPSA) is 15.6 Å². The van der Waals surface area contributed by atoms with Crippen molar-refractivity contribution in [2.45, 2.75) is 43.0 Å². The van der Waals surface area contributed by atoms with E-state index in [4.69, 9.17) is 0 Å². The van der Waals surface area contributed by atoms with Crippen LogP contribution in [0.2, 0.25) is 0 Å². The Morgan fingerprint density at radius 3 is 3.35 bits per heavy atom. The summed E-state index contributed by atoms with van der Waals surface area (Å²) >= 11 is 2.16. The molecule has 1 aliphatic carbocycles. The van der Waals surface area contributed by atoms with Crippen molar-refractivity contribution in [1.82, 2.24) is 4.90 Å². The summed E-state index contributed by atoms with van der Waals surface area (Å²) in [6.45, 7) is 0. The fourth-order valence-corrected chi connectivity index (χ4v) is 5.30. The van der Waals surface area contributed by atoms with Crippen molar-refractivity contribution in [3.8, 4) is 0 Å². The molecule has 2 nitrogen and oxygen atoms in total. The van der Waals surface area contributed by atoms with E-state index in [2.05, 4.69) is 46.3 Å². The molecule has 90 valence electrons. The van der Waals surface area contributed by atoms with Gasteiger partial charge in [0.25, 0.3) is 0 Å². The van der Waals surface area contributed by atoms with E-state index in [0.29, 0.717) is 6.04 Å². The van der Waals surface area contributed by atoms with Crippen LogP contribution in [0.3, 0.4) is 0 Å². The van der Waals surface area contributed by atoms with Crippen LogP contribution in [0.4, 0.5) is 0 Å². The van der Waals surface area contributed by atoms with E-state index in [1.807, 2.05) is 0 Å². The van der Waals surface area contributed by atoms with Crippen LogP contribution in [-0.2, 0) is 0 Å². The summed E-state index contributed by atoms with van der Waals surface area (Å²) in [5, 5.41) is 0.843. The van der Waals surface area contributed by atoms with Crippen LogP contribution in [0, 0.1) is 5.92 Å². The fraction of sp³-hybridized carbons (Fsp3) is 0.643. The second kappa shape index (κ2) is 3.91. The van der Waals surface area contributed by atoms with Crippen molar-refractivity contribution in [1.29, 1.82) is 0 Å². The predicted octanol–water partition coefficient (Wildman–Crippen LogP) is 2.83. The molecule has 0 bridgehead atoms. The Morgan fingerprint density at radius 1 is 1.35 bits per heavy atom. The second-order valence-electron chi connectivity index (χ2n) is 5.44. The molecular weight excluding hydrogens is 228 g/mol. The molecule has 4 aliphatic rings. The Hall–Kier alpha value is -0.700. The highest BCUT2D eigenvalue weighted by Crippen LogP contribution is 2.49. The average molecular weight is 246 g/mol. The van der Waals surface area contributed by atoms with Gasteiger partial charge in [-0.1, -0.05) is 12.5 Å². The van der Waals surface area contributed by atoms with Crippen molar-refractivity contribution in [2.24, 2.45) is 10.9 Å². The minimum Gasteiger partial charge on any atom is -0.366 e. The average Bonchev–Trinajstić information content (AvgIpc) is 2.56. The van der Waals surface area contributed by atoms with Crippen molar-refractivity contribution in [2.75, 3.05) is 5.75 Å². The highest BCUT2D eigenvalue weighted by Gasteiger charge is 2.49. The first-order chi connectivity index (χ1) is 8.45. The Morgan fingerprint density at radius 2 is 2.35 bits per heavy atom. The minimum absolute atomic E-state index is 0.623. The van der Waals surface area contributed by atoms with E-state index in [9.17, 15) is 0 Å². The zero-order chi connectivity index (χ0) is 11.2. The molecule has 3 heteroatoms. The molecule has 1 saturated heterocycles.